The van der Waals surface area contributed by atoms with Gasteiger partial charge in [0, 0.05) is 46.4 Å². The summed E-state index contributed by atoms with van der Waals surface area (Å²) in [6, 6.07) is 11.1. The van der Waals surface area contributed by atoms with E-state index in [0.717, 1.165) is 48.2 Å². The Hall–Kier alpha value is -3.68. The second-order valence-electron chi connectivity index (χ2n) is 11.1. The number of rotatable bonds is 8. The summed E-state index contributed by atoms with van der Waals surface area (Å²) >= 11 is 0. The number of aryl methyl sites for hydroxylation is 2. The molecule has 0 aromatic heterocycles. The van der Waals surface area contributed by atoms with Gasteiger partial charge in [0.15, 0.2) is 0 Å². The van der Waals surface area contributed by atoms with Crippen LogP contribution in [-0.4, -0.2) is 23.6 Å². The first-order valence-corrected chi connectivity index (χ1v) is 13.7. The molecular weight excluding hydrogens is 480 g/mol. The summed E-state index contributed by atoms with van der Waals surface area (Å²) in [6.45, 7) is 3.87. The maximum absolute atomic E-state index is 12.9. The first kappa shape index (κ1) is 25.9. The van der Waals surface area contributed by atoms with E-state index in [9.17, 15) is 19.2 Å². The third-order valence-corrected chi connectivity index (χ3v) is 7.89. The van der Waals surface area contributed by atoms with Crippen LogP contribution in [0.3, 0.4) is 0 Å². The van der Waals surface area contributed by atoms with Crippen molar-refractivity contribution in [3.8, 4) is 0 Å². The van der Waals surface area contributed by atoms with Gasteiger partial charge in [-0.15, -0.1) is 0 Å². The molecule has 0 atom stereocenters. The van der Waals surface area contributed by atoms with E-state index >= 15 is 0 Å². The number of benzene rings is 2. The molecule has 0 unspecified atom stereocenters. The molecule has 2 aromatic carbocycles. The standard InChI is InChI=1S/C30H36N4O4/c1-17-3-13-23(15-25(17)33-29(37)21-9-10-21)31-27(35)19-5-7-20(8-6-19)28(36)32-24-14-4-18(2)26(16-24)34-30(38)22-11-12-22/h3-4,13-16,19-22H,5-12H2,1-2H3,(H,31,35)(H,32,36)(H,33,37)(H,34,38). The van der Waals surface area contributed by atoms with Crippen LogP contribution in [0.5, 0.6) is 0 Å². The second-order valence-corrected chi connectivity index (χ2v) is 11.1. The topological polar surface area (TPSA) is 116 Å². The lowest BCUT2D eigenvalue weighted by Crippen LogP contribution is -2.32. The van der Waals surface area contributed by atoms with Gasteiger partial charge < -0.3 is 21.3 Å². The molecule has 3 aliphatic carbocycles. The highest BCUT2D eigenvalue weighted by Crippen LogP contribution is 2.34. The molecule has 0 bridgehead atoms. The quantitative estimate of drug-likeness (QED) is 0.377. The monoisotopic (exact) mass is 516 g/mol. The zero-order valence-corrected chi connectivity index (χ0v) is 22.1. The van der Waals surface area contributed by atoms with Crippen LogP contribution in [0.25, 0.3) is 0 Å². The van der Waals surface area contributed by atoms with E-state index in [-0.39, 0.29) is 47.3 Å². The molecule has 200 valence electrons. The molecule has 3 aliphatic rings. The Bertz CT molecular complexity index is 1160. The van der Waals surface area contributed by atoms with E-state index < -0.39 is 0 Å². The van der Waals surface area contributed by atoms with E-state index in [1.165, 1.54) is 0 Å². The fourth-order valence-electron chi connectivity index (χ4n) is 4.94. The summed E-state index contributed by atoms with van der Waals surface area (Å²) in [5.41, 5.74) is 4.69. The van der Waals surface area contributed by atoms with Gasteiger partial charge in [-0.3, -0.25) is 19.2 Å². The number of carbonyl (C=O) groups excluding carboxylic acids is 4. The molecule has 2 aromatic rings. The lowest BCUT2D eigenvalue weighted by Gasteiger charge is -2.27. The highest BCUT2D eigenvalue weighted by molar-refractivity contribution is 5.98. The van der Waals surface area contributed by atoms with Crippen LogP contribution in [0.2, 0.25) is 0 Å². The SMILES string of the molecule is Cc1ccc(NC(=O)C2CCC(C(=O)Nc3ccc(C)c(NC(=O)C4CC4)c3)CC2)cc1NC(=O)C1CC1. The molecular formula is C30H36N4O4. The van der Waals surface area contributed by atoms with E-state index in [4.69, 9.17) is 0 Å². The first-order valence-electron chi connectivity index (χ1n) is 13.7. The van der Waals surface area contributed by atoms with Crippen LogP contribution in [0.4, 0.5) is 22.7 Å². The number of nitrogens with one attached hydrogen (secondary N) is 4. The van der Waals surface area contributed by atoms with Crippen LogP contribution in [0.15, 0.2) is 36.4 Å². The lowest BCUT2D eigenvalue weighted by molar-refractivity contribution is -0.125. The van der Waals surface area contributed by atoms with Gasteiger partial charge in [0.1, 0.15) is 0 Å². The molecule has 38 heavy (non-hydrogen) atoms. The van der Waals surface area contributed by atoms with E-state index in [1.54, 1.807) is 0 Å². The smallest absolute Gasteiger partial charge is 0.227 e. The summed E-state index contributed by atoms with van der Waals surface area (Å²) < 4.78 is 0. The lowest BCUT2D eigenvalue weighted by atomic mass is 9.81. The number of hydrogen-bond acceptors (Lipinski definition) is 4. The van der Waals surface area contributed by atoms with Crippen LogP contribution >= 0.6 is 0 Å². The van der Waals surface area contributed by atoms with Crippen LogP contribution < -0.4 is 21.3 Å². The van der Waals surface area contributed by atoms with E-state index in [1.807, 2.05) is 50.2 Å². The Morgan fingerprint density at radius 1 is 0.500 bits per heavy atom. The summed E-state index contributed by atoms with van der Waals surface area (Å²) in [6.07, 6.45) is 6.29. The average Bonchev–Trinajstić information content (AvgIpc) is 3.81. The minimum atomic E-state index is -0.159. The molecule has 8 nitrogen and oxygen atoms in total. The fraction of sp³-hybridized carbons (Fsp3) is 0.467. The van der Waals surface area contributed by atoms with Crippen molar-refractivity contribution in [2.45, 2.75) is 65.2 Å². The molecule has 5 rings (SSSR count). The van der Waals surface area contributed by atoms with Gasteiger partial charge in [-0.25, -0.2) is 0 Å². The van der Waals surface area contributed by atoms with Gasteiger partial charge in [0.05, 0.1) is 0 Å². The summed E-state index contributed by atoms with van der Waals surface area (Å²) in [4.78, 5) is 50.2. The van der Waals surface area contributed by atoms with Gasteiger partial charge in [-0.1, -0.05) is 12.1 Å². The molecule has 0 saturated heterocycles. The minimum absolute atomic E-state index is 0.0399. The summed E-state index contributed by atoms with van der Waals surface area (Å²) in [7, 11) is 0. The molecule has 8 heteroatoms. The van der Waals surface area contributed by atoms with Crippen molar-refractivity contribution in [1.29, 1.82) is 0 Å². The molecule has 0 aliphatic heterocycles. The first-order chi connectivity index (χ1) is 18.3. The summed E-state index contributed by atoms with van der Waals surface area (Å²) in [5, 5.41) is 11.9. The van der Waals surface area contributed by atoms with Gasteiger partial charge >= 0.3 is 0 Å². The van der Waals surface area contributed by atoms with Gasteiger partial charge in [0.2, 0.25) is 23.6 Å². The third-order valence-electron chi connectivity index (χ3n) is 7.89. The Balaban J connectivity index is 1.11. The van der Waals surface area contributed by atoms with Crippen molar-refractivity contribution in [1.82, 2.24) is 0 Å². The molecule has 0 radical (unpaired) electrons. The molecule has 4 N–H and O–H groups in total. The van der Waals surface area contributed by atoms with Gasteiger partial charge in [-0.2, -0.15) is 0 Å². The molecule has 4 amide bonds. The third kappa shape index (κ3) is 6.41. The average molecular weight is 517 g/mol. The number of amides is 4. The molecule has 0 spiro atoms. The largest absolute Gasteiger partial charge is 0.326 e. The maximum atomic E-state index is 12.9. The predicted octanol–water partition coefficient (Wildman–Crippen LogP) is 5.38. The number of carbonyl (C=O) groups is 4. The van der Waals surface area contributed by atoms with E-state index in [0.29, 0.717) is 37.1 Å². The van der Waals surface area contributed by atoms with Crippen LogP contribution in [0, 0.1) is 37.5 Å². The minimum Gasteiger partial charge on any atom is -0.326 e. The highest BCUT2D eigenvalue weighted by atomic mass is 16.2. The van der Waals surface area contributed by atoms with Crippen LogP contribution in [0.1, 0.15) is 62.5 Å². The zero-order valence-electron chi connectivity index (χ0n) is 22.1. The van der Waals surface area contributed by atoms with Crippen molar-refractivity contribution < 1.29 is 19.2 Å². The highest BCUT2D eigenvalue weighted by Gasteiger charge is 2.32. The predicted molar refractivity (Wildman–Crippen MR) is 148 cm³/mol. The second kappa shape index (κ2) is 11.0. The number of hydrogen-bond donors (Lipinski definition) is 4. The van der Waals surface area contributed by atoms with Crippen molar-refractivity contribution in [2.24, 2.45) is 23.7 Å². The van der Waals surface area contributed by atoms with Crippen LogP contribution in [-0.2, 0) is 19.2 Å². The molecule has 0 heterocycles. The van der Waals surface area contributed by atoms with Gasteiger partial charge in [0.25, 0.3) is 0 Å². The van der Waals surface area contributed by atoms with Crippen molar-refractivity contribution >= 4 is 46.4 Å². The van der Waals surface area contributed by atoms with E-state index in [2.05, 4.69) is 21.3 Å². The maximum Gasteiger partial charge on any atom is 0.227 e. The number of anilines is 4. The van der Waals surface area contributed by atoms with Crippen molar-refractivity contribution in [3.05, 3.63) is 47.5 Å². The van der Waals surface area contributed by atoms with Crippen molar-refractivity contribution in [2.75, 3.05) is 21.3 Å². The zero-order chi connectivity index (χ0) is 26.8. The molecule has 3 fully saturated rings. The Kier molecular flexibility index (Phi) is 7.49. The normalized spacial score (nSPS) is 20.8. The Morgan fingerprint density at radius 2 is 0.789 bits per heavy atom. The fourth-order valence-corrected chi connectivity index (χ4v) is 4.94. The Labute approximate surface area is 223 Å². The molecule has 3 saturated carbocycles. The van der Waals surface area contributed by atoms with Gasteiger partial charge in [-0.05, 0) is 101 Å². The van der Waals surface area contributed by atoms with Crippen molar-refractivity contribution in [3.63, 3.8) is 0 Å². The Morgan fingerprint density at radius 3 is 1.11 bits per heavy atom. The summed E-state index contributed by atoms with van der Waals surface area (Å²) in [5.74, 6) is -0.121.